The summed E-state index contributed by atoms with van der Waals surface area (Å²) in [5.41, 5.74) is 5.18. The molecule has 0 aromatic carbocycles. The Morgan fingerprint density at radius 1 is 1.30 bits per heavy atom. The molecule has 4 N–H and O–H groups in total. The molecular formula is C14H26N4O2. The van der Waals surface area contributed by atoms with E-state index in [-0.39, 0.29) is 23.0 Å². The number of nitrogens with zero attached hydrogens (tertiary/aromatic N) is 1. The number of nitrogens with one attached hydrogen (secondary N) is 2. The Bertz CT molecular complexity index is 568. The molecule has 6 heteroatoms. The fraction of sp³-hybridized carbons (Fsp3) is 0.714. The van der Waals surface area contributed by atoms with Crippen molar-refractivity contribution >= 4 is 11.5 Å². The maximum Gasteiger partial charge on any atom is 0.330 e. The Balaban J connectivity index is 3.34. The summed E-state index contributed by atoms with van der Waals surface area (Å²) in [6.07, 6.45) is 1.71. The van der Waals surface area contributed by atoms with Gasteiger partial charge in [-0.1, -0.05) is 27.7 Å². The number of nitrogens with two attached hydrogens (primary N) is 1. The van der Waals surface area contributed by atoms with Gasteiger partial charge < -0.3 is 11.1 Å². The van der Waals surface area contributed by atoms with Gasteiger partial charge in [0.05, 0.1) is 0 Å². The van der Waals surface area contributed by atoms with Gasteiger partial charge in [-0.15, -0.1) is 0 Å². The van der Waals surface area contributed by atoms with E-state index in [1.54, 1.807) is 0 Å². The van der Waals surface area contributed by atoms with Crippen LogP contribution in [0.4, 0.5) is 11.5 Å². The molecule has 0 aliphatic carbocycles. The molecule has 1 aromatic heterocycles. The first-order valence-corrected chi connectivity index (χ1v) is 7.14. The standard InChI is InChI=1S/C14H26N4O2/c1-6-14(5,7-2)17-10-11(15)18(8-9(3)4)13(20)16-12(10)19/h9,17H,6-8,15H2,1-5H3,(H,16,19,20). The Labute approximate surface area is 119 Å². The predicted molar refractivity (Wildman–Crippen MR) is 83.2 cm³/mol. The van der Waals surface area contributed by atoms with Crippen LogP contribution in [-0.4, -0.2) is 15.1 Å². The van der Waals surface area contributed by atoms with Crippen LogP contribution in [0.25, 0.3) is 0 Å². The summed E-state index contributed by atoms with van der Waals surface area (Å²) < 4.78 is 1.42. The van der Waals surface area contributed by atoms with Gasteiger partial charge in [0.25, 0.3) is 5.56 Å². The minimum atomic E-state index is -0.458. The molecule has 0 fully saturated rings. The van der Waals surface area contributed by atoms with Crippen LogP contribution in [0, 0.1) is 5.92 Å². The summed E-state index contributed by atoms with van der Waals surface area (Å²) >= 11 is 0. The van der Waals surface area contributed by atoms with Gasteiger partial charge in [0.15, 0.2) is 0 Å². The van der Waals surface area contributed by atoms with Crippen LogP contribution in [0.1, 0.15) is 47.5 Å². The topological polar surface area (TPSA) is 92.9 Å². The fourth-order valence-electron chi connectivity index (χ4n) is 1.98. The number of anilines is 2. The fourth-order valence-corrected chi connectivity index (χ4v) is 1.98. The largest absolute Gasteiger partial charge is 0.383 e. The third-order valence-corrected chi connectivity index (χ3v) is 3.77. The van der Waals surface area contributed by atoms with Crippen LogP contribution in [0.3, 0.4) is 0 Å². The van der Waals surface area contributed by atoms with Crippen LogP contribution in [0.15, 0.2) is 9.59 Å². The van der Waals surface area contributed by atoms with Gasteiger partial charge in [-0.2, -0.15) is 0 Å². The van der Waals surface area contributed by atoms with Crippen molar-refractivity contribution in [3.05, 3.63) is 20.8 Å². The van der Waals surface area contributed by atoms with Crippen molar-refractivity contribution in [2.24, 2.45) is 5.92 Å². The smallest absolute Gasteiger partial charge is 0.330 e. The normalized spacial score (nSPS) is 11.9. The predicted octanol–water partition coefficient (Wildman–Crippen LogP) is 1.77. The Kier molecular flexibility index (Phi) is 5.03. The molecule has 0 saturated carbocycles. The molecule has 0 spiro atoms. The van der Waals surface area contributed by atoms with E-state index in [2.05, 4.69) is 10.3 Å². The quantitative estimate of drug-likeness (QED) is 0.741. The number of rotatable bonds is 6. The van der Waals surface area contributed by atoms with Gasteiger partial charge in [0.1, 0.15) is 11.5 Å². The molecule has 114 valence electrons. The van der Waals surface area contributed by atoms with Crippen LogP contribution < -0.4 is 22.3 Å². The summed E-state index contributed by atoms with van der Waals surface area (Å²) in [7, 11) is 0. The molecule has 0 aliphatic rings. The lowest BCUT2D eigenvalue weighted by Gasteiger charge is -2.30. The number of nitrogen functional groups attached to an aromatic ring is 1. The van der Waals surface area contributed by atoms with E-state index in [0.29, 0.717) is 6.54 Å². The zero-order chi connectivity index (χ0) is 15.5. The van der Waals surface area contributed by atoms with Crippen LogP contribution in [-0.2, 0) is 6.54 Å². The van der Waals surface area contributed by atoms with E-state index >= 15 is 0 Å². The molecule has 1 rings (SSSR count). The lowest BCUT2D eigenvalue weighted by molar-refractivity contribution is 0.474. The first-order valence-electron chi connectivity index (χ1n) is 7.14. The highest BCUT2D eigenvalue weighted by atomic mass is 16.2. The molecule has 1 aromatic rings. The van der Waals surface area contributed by atoms with Crippen LogP contribution >= 0.6 is 0 Å². The zero-order valence-electron chi connectivity index (χ0n) is 13.0. The average Bonchev–Trinajstić information content (AvgIpc) is 2.39. The molecule has 0 saturated heterocycles. The molecule has 1 heterocycles. The molecule has 0 radical (unpaired) electrons. The molecule has 0 amide bonds. The molecule has 0 unspecified atom stereocenters. The minimum absolute atomic E-state index is 0.209. The first kappa shape index (κ1) is 16.3. The van der Waals surface area contributed by atoms with E-state index in [9.17, 15) is 9.59 Å². The Morgan fingerprint density at radius 3 is 2.30 bits per heavy atom. The highest BCUT2D eigenvalue weighted by molar-refractivity contribution is 5.61. The van der Waals surface area contributed by atoms with Crippen molar-refractivity contribution in [3.63, 3.8) is 0 Å². The van der Waals surface area contributed by atoms with Crippen molar-refractivity contribution in [1.82, 2.24) is 9.55 Å². The molecule has 0 aliphatic heterocycles. The third kappa shape index (κ3) is 3.43. The minimum Gasteiger partial charge on any atom is -0.383 e. The van der Waals surface area contributed by atoms with E-state index in [4.69, 9.17) is 5.73 Å². The van der Waals surface area contributed by atoms with Crippen LogP contribution in [0.5, 0.6) is 0 Å². The van der Waals surface area contributed by atoms with Gasteiger partial charge in [-0.3, -0.25) is 14.3 Å². The highest BCUT2D eigenvalue weighted by Gasteiger charge is 2.23. The SMILES string of the molecule is CCC(C)(CC)Nc1c(N)n(CC(C)C)c(=O)[nH]c1=O. The van der Waals surface area contributed by atoms with Gasteiger partial charge in [-0.25, -0.2) is 4.79 Å². The van der Waals surface area contributed by atoms with Crippen molar-refractivity contribution in [2.75, 3.05) is 11.1 Å². The molecule has 0 atom stereocenters. The van der Waals surface area contributed by atoms with Crippen molar-refractivity contribution in [2.45, 2.75) is 59.5 Å². The molecule has 0 bridgehead atoms. The second-order valence-electron chi connectivity index (χ2n) is 5.92. The molecule has 6 nitrogen and oxygen atoms in total. The summed E-state index contributed by atoms with van der Waals surface area (Å²) in [5, 5.41) is 3.20. The van der Waals surface area contributed by atoms with Crippen LogP contribution in [0.2, 0.25) is 0 Å². The highest BCUT2D eigenvalue weighted by Crippen LogP contribution is 2.22. The zero-order valence-corrected chi connectivity index (χ0v) is 13.0. The van der Waals surface area contributed by atoms with Crippen molar-refractivity contribution in [3.8, 4) is 0 Å². The maximum atomic E-state index is 12.0. The van der Waals surface area contributed by atoms with E-state index in [1.807, 2.05) is 34.6 Å². The van der Waals surface area contributed by atoms with Gasteiger partial charge in [-0.05, 0) is 25.7 Å². The van der Waals surface area contributed by atoms with E-state index in [0.717, 1.165) is 12.8 Å². The number of H-pyrrole nitrogens is 1. The number of hydrogen-bond acceptors (Lipinski definition) is 4. The Hall–Kier alpha value is -1.72. The van der Waals surface area contributed by atoms with Gasteiger partial charge in [0, 0.05) is 12.1 Å². The lowest BCUT2D eigenvalue weighted by atomic mass is 9.95. The molecule has 20 heavy (non-hydrogen) atoms. The van der Waals surface area contributed by atoms with Gasteiger partial charge >= 0.3 is 5.69 Å². The molecular weight excluding hydrogens is 256 g/mol. The second-order valence-corrected chi connectivity index (χ2v) is 5.92. The summed E-state index contributed by atoms with van der Waals surface area (Å²) in [6.45, 7) is 10.6. The third-order valence-electron chi connectivity index (χ3n) is 3.77. The summed E-state index contributed by atoms with van der Waals surface area (Å²) in [5.74, 6) is 0.470. The number of hydrogen-bond donors (Lipinski definition) is 3. The summed E-state index contributed by atoms with van der Waals surface area (Å²) in [4.78, 5) is 26.2. The second kappa shape index (κ2) is 6.15. The van der Waals surface area contributed by atoms with Gasteiger partial charge in [0.2, 0.25) is 0 Å². The van der Waals surface area contributed by atoms with E-state index < -0.39 is 11.2 Å². The monoisotopic (exact) mass is 282 g/mol. The number of aromatic amines is 1. The van der Waals surface area contributed by atoms with E-state index in [1.165, 1.54) is 4.57 Å². The maximum absolute atomic E-state index is 12.0. The Morgan fingerprint density at radius 2 is 1.85 bits per heavy atom. The number of aromatic nitrogens is 2. The first-order chi connectivity index (χ1) is 9.24. The van der Waals surface area contributed by atoms with Crippen molar-refractivity contribution < 1.29 is 0 Å². The summed E-state index contributed by atoms with van der Waals surface area (Å²) in [6, 6.07) is 0. The van der Waals surface area contributed by atoms with Crippen molar-refractivity contribution in [1.29, 1.82) is 0 Å². The average molecular weight is 282 g/mol. The lowest BCUT2D eigenvalue weighted by Crippen LogP contribution is -2.40.